The maximum atomic E-state index is 13.1. The minimum absolute atomic E-state index is 0.100. The number of aromatic nitrogens is 4. The van der Waals surface area contributed by atoms with Crippen molar-refractivity contribution in [2.45, 2.75) is 25.1 Å². The molecule has 0 saturated carbocycles. The average molecular weight is 417 g/mol. The highest BCUT2D eigenvalue weighted by Gasteiger charge is 2.31. The van der Waals surface area contributed by atoms with Crippen molar-refractivity contribution in [3.63, 3.8) is 0 Å². The van der Waals surface area contributed by atoms with Crippen LogP contribution in [-0.2, 0) is 6.18 Å². The summed E-state index contributed by atoms with van der Waals surface area (Å²) in [6, 6.07) is 9.17. The predicted octanol–water partition coefficient (Wildman–Crippen LogP) is 3.36. The Morgan fingerprint density at radius 2 is 1.87 bits per heavy atom. The van der Waals surface area contributed by atoms with Crippen LogP contribution in [0.4, 0.5) is 13.2 Å². The maximum Gasteiger partial charge on any atom is 0.417 e. The van der Waals surface area contributed by atoms with Gasteiger partial charge in [0, 0.05) is 18.8 Å². The molecule has 3 aromatic rings. The number of hydrogen-bond donors (Lipinski definition) is 0. The highest BCUT2D eigenvalue weighted by molar-refractivity contribution is 5.97. The third-order valence-electron chi connectivity index (χ3n) is 4.79. The highest BCUT2D eigenvalue weighted by Crippen LogP contribution is 2.29. The minimum atomic E-state index is -4.45. The Bertz CT molecular complexity index is 1010. The van der Waals surface area contributed by atoms with E-state index >= 15 is 0 Å². The molecule has 10 heteroatoms. The van der Waals surface area contributed by atoms with E-state index in [9.17, 15) is 18.0 Å². The molecule has 0 unspecified atom stereocenters. The summed E-state index contributed by atoms with van der Waals surface area (Å²) in [5.41, 5.74) is 0.195. The summed E-state index contributed by atoms with van der Waals surface area (Å²) in [6.45, 7) is 0.864. The molecular weight excluding hydrogens is 399 g/mol. The van der Waals surface area contributed by atoms with E-state index in [1.807, 2.05) is 0 Å². The first-order valence-corrected chi connectivity index (χ1v) is 9.37. The van der Waals surface area contributed by atoms with Gasteiger partial charge in [0.15, 0.2) is 0 Å². The van der Waals surface area contributed by atoms with Gasteiger partial charge >= 0.3 is 6.18 Å². The van der Waals surface area contributed by atoms with Crippen molar-refractivity contribution >= 4 is 5.91 Å². The number of carbonyl (C=O) groups excluding carboxylic acids is 1. The number of halogens is 3. The number of hydrogen-bond acceptors (Lipinski definition) is 5. The van der Waals surface area contributed by atoms with Crippen molar-refractivity contribution in [2.24, 2.45) is 0 Å². The Hall–Kier alpha value is -3.43. The van der Waals surface area contributed by atoms with Gasteiger partial charge in [0.2, 0.25) is 5.88 Å². The van der Waals surface area contributed by atoms with Crippen LogP contribution in [-0.4, -0.2) is 50.0 Å². The molecule has 4 rings (SSSR count). The Kier molecular flexibility index (Phi) is 5.39. The lowest BCUT2D eigenvalue weighted by molar-refractivity contribution is -0.137. The molecule has 7 nitrogen and oxygen atoms in total. The van der Waals surface area contributed by atoms with Gasteiger partial charge in [-0.15, -0.1) is 0 Å². The van der Waals surface area contributed by atoms with Gasteiger partial charge < -0.3 is 9.64 Å². The Balaban J connectivity index is 1.46. The number of likely N-dealkylation sites (tertiary alicyclic amines) is 1. The molecule has 0 radical (unpaired) electrons. The molecule has 1 saturated heterocycles. The van der Waals surface area contributed by atoms with Gasteiger partial charge in [-0.2, -0.15) is 28.2 Å². The molecule has 2 aromatic heterocycles. The van der Waals surface area contributed by atoms with Crippen molar-refractivity contribution in [3.05, 3.63) is 66.1 Å². The standard InChI is InChI=1S/C20H18F3N5O2/c21-20(22,23)14-7-8-18(24-12-14)30-15-4-3-11-27(13-15)19(29)16-5-1-2-6-17(16)28-25-9-10-26-28/h1-2,5-10,12,15H,3-4,11,13H2/t15-/m1/s1. The quantitative estimate of drug-likeness (QED) is 0.651. The number of benzene rings is 1. The Morgan fingerprint density at radius 1 is 1.10 bits per heavy atom. The summed E-state index contributed by atoms with van der Waals surface area (Å²) in [7, 11) is 0. The summed E-state index contributed by atoms with van der Waals surface area (Å²) in [5.74, 6) is -0.0833. The summed E-state index contributed by atoms with van der Waals surface area (Å²) in [4.78, 5) is 19.9. The van der Waals surface area contributed by atoms with Gasteiger partial charge in [-0.1, -0.05) is 12.1 Å². The molecule has 0 aliphatic carbocycles. The summed E-state index contributed by atoms with van der Waals surface area (Å²) in [6.07, 6.45) is 0.382. The van der Waals surface area contributed by atoms with Crippen molar-refractivity contribution < 1.29 is 22.7 Å². The fourth-order valence-corrected chi connectivity index (χ4v) is 3.35. The van der Waals surface area contributed by atoms with E-state index in [0.29, 0.717) is 37.2 Å². The van der Waals surface area contributed by atoms with Crippen molar-refractivity contribution in [1.82, 2.24) is 24.9 Å². The van der Waals surface area contributed by atoms with Crippen LogP contribution in [0.1, 0.15) is 28.8 Å². The van der Waals surface area contributed by atoms with Crippen molar-refractivity contribution in [3.8, 4) is 11.6 Å². The third-order valence-corrected chi connectivity index (χ3v) is 4.79. The Morgan fingerprint density at radius 3 is 2.57 bits per heavy atom. The second-order valence-corrected chi connectivity index (χ2v) is 6.85. The van der Waals surface area contributed by atoms with Crippen molar-refractivity contribution in [1.29, 1.82) is 0 Å². The van der Waals surface area contributed by atoms with Crippen LogP contribution in [0.3, 0.4) is 0 Å². The number of piperidine rings is 1. The zero-order valence-corrected chi connectivity index (χ0v) is 15.8. The van der Waals surface area contributed by atoms with Gasteiger partial charge in [0.1, 0.15) is 6.10 Å². The summed E-state index contributed by atoms with van der Waals surface area (Å²) < 4.78 is 43.8. The third kappa shape index (κ3) is 4.27. The molecule has 3 heterocycles. The molecule has 1 aliphatic heterocycles. The number of para-hydroxylation sites is 1. The first-order valence-electron chi connectivity index (χ1n) is 9.37. The van der Waals surface area contributed by atoms with Crippen LogP contribution < -0.4 is 4.74 Å². The van der Waals surface area contributed by atoms with E-state index in [2.05, 4.69) is 15.2 Å². The molecule has 1 atom stereocenters. The normalized spacial score (nSPS) is 17.0. The van der Waals surface area contributed by atoms with E-state index in [4.69, 9.17) is 4.74 Å². The highest BCUT2D eigenvalue weighted by atomic mass is 19.4. The number of pyridine rings is 1. The molecule has 1 aliphatic rings. The SMILES string of the molecule is O=C(c1ccccc1-n1nccn1)N1CCC[C@@H](Oc2ccc(C(F)(F)F)cn2)C1. The van der Waals surface area contributed by atoms with Gasteiger partial charge in [0.25, 0.3) is 5.91 Å². The fraction of sp³-hybridized carbons (Fsp3) is 0.300. The van der Waals surface area contributed by atoms with E-state index in [-0.39, 0.29) is 17.9 Å². The molecule has 1 aromatic carbocycles. The van der Waals surface area contributed by atoms with Crippen LogP contribution in [0.5, 0.6) is 5.88 Å². The molecular formula is C20H18F3N5O2. The number of amides is 1. The molecule has 156 valence electrons. The molecule has 0 bridgehead atoms. The zero-order valence-electron chi connectivity index (χ0n) is 15.8. The molecule has 30 heavy (non-hydrogen) atoms. The Labute approximate surface area is 170 Å². The fourth-order valence-electron chi connectivity index (χ4n) is 3.35. The smallest absolute Gasteiger partial charge is 0.417 e. The second-order valence-electron chi connectivity index (χ2n) is 6.85. The lowest BCUT2D eigenvalue weighted by Crippen LogP contribution is -2.44. The number of rotatable bonds is 4. The van der Waals surface area contributed by atoms with E-state index in [1.54, 1.807) is 29.2 Å². The van der Waals surface area contributed by atoms with E-state index in [1.165, 1.54) is 23.3 Å². The van der Waals surface area contributed by atoms with Gasteiger partial charge in [-0.05, 0) is 31.0 Å². The summed E-state index contributed by atoms with van der Waals surface area (Å²) in [5, 5.41) is 8.18. The predicted molar refractivity (Wildman–Crippen MR) is 100 cm³/mol. The lowest BCUT2D eigenvalue weighted by atomic mass is 10.1. The molecule has 0 spiro atoms. The second kappa shape index (κ2) is 8.13. The number of alkyl halides is 3. The van der Waals surface area contributed by atoms with E-state index < -0.39 is 11.7 Å². The zero-order chi connectivity index (χ0) is 21.1. The van der Waals surface area contributed by atoms with Gasteiger partial charge in [-0.3, -0.25) is 4.79 Å². The van der Waals surface area contributed by atoms with Crippen molar-refractivity contribution in [2.75, 3.05) is 13.1 Å². The van der Waals surface area contributed by atoms with Crippen LogP contribution in [0, 0.1) is 0 Å². The van der Waals surface area contributed by atoms with Gasteiger partial charge in [-0.25, -0.2) is 4.98 Å². The van der Waals surface area contributed by atoms with Crippen LogP contribution >= 0.6 is 0 Å². The van der Waals surface area contributed by atoms with Gasteiger partial charge in [0.05, 0.1) is 35.8 Å². The average Bonchev–Trinajstić information content (AvgIpc) is 3.28. The van der Waals surface area contributed by atoms with Crippen LogP contribution in [0.25, 0.3) is 5.69 Å². The topological polar surface area (TPSA) is 73.1 Å². The molecule has 1 amide bonds. The molecule has 1 fully saturated rings. The van der Waals surface area contributed by atoms with Crippen LogP contribution in [0.15, 0.2) is 55.0 Å². The minimum Gasteiger partial charge on any atom is -0.472 e. The summed E-state index contributed by atoms with van der Waals surface area (Å²) >= 11 is 0. The number of carbonyl (C=O) groups is 1. The monoisotopic (exact) mass is 417 g/mol. The van der Waals surface area contributed by atoms with Crippen LogP contribution in [0.2, 0.25) is 0 Å². The largest absolute Gasteiger partial charge is 0.472 e. The lowest BCUT2D eigenvalue weighted by Gasteiger charge is -2.33. The number of ether oxygens (including phenoxy) is 1. The first kappa shape index (κ1) is 19.9. The molecule has 0 N–H and O–H groups in total. The number of nitrogens with zero attached hydrogens (tertiary/aromatic N) is 5. The maximum absolute atomic E-state index is 13.1. The first-order chi connectivity index (χ1) is 14.4. The van der Waals surface area contributed by atoms with E-state index in [0.717, 1.165) is 12.3 Å².